The van der Waals surface area contributed by atoms with E-state index in [9.17, 15) is 12.8 Å². The van der Waals surface area contributed by atoms with Gasteiger partial charge in [0.15, 0.2) is 17.5 Å². The van der Waals surface area contributed by atoms with Crippen LogP contribution in [0, 0.1) is 11.7 Å². The molecule has 1 aliphatic heterocycles. The van der Waals surface area contributed by atoms with Crippen molar-refractivity contribution in [2.45, 2.75) is 45.1 Å². The largest absolute Gasteiger partial charge is 0.490 e. The second-order valence-electron chi connectivity index (χ2n) is 7.95. The van der Waals surface area contributed by atoms with Crippen LogP contribution in [0.25, 0.3) is 0 Å². The molecule has 10 heteroatoms. The monoisotopic (exact) mass is 456 g/mol. The number of thiocarbonyl (C=S) groups is 1. The summed E-state index contributed by atoms with van der Waals surface area (Å²) in [6.07, 6.45) is 4.33. The van der Waals surface area contributed by atoms with E-state index in [4.69, 9.17) is 22.7 Å². The summed E-state index contributed by atoms with van der Waals surface area (Å²) in [5, 5.41) is 0. The topological polar surface area (TPSA) is 97.0 Å². The van der Waals surface area contributed by atoms with Gasteiger partial charge < -0.3 is 15.4 Å². The number of nitrogens with one attached hydrogen (secondary N) is 1. The molecule has 1 aromatic carbocycles. The third kappa shape index (κ3) is 6.88. The molecule has 1 atom stereocenters. The molecule has 0 amide bonds. The summed E-state index contributed by atoms with van der Waals surface area (Å²) >= 11 is 5.02. The molecular formula is C20H29FN4O3S2. The zero-order valence-corrected chi connectivity index (χ0v) is 18.8. The maximum atomic E-state index is 13.9. The van der Waals surface area contributed by atoms with Gasteiger partial charge in [-0.2, -0.15) is 0 Å². The van der Waals surface area contributed by atoms with Crippen LogP contribution in [0.2, 0.25) is 0 Å². The van der Waals surface area contributed by atoms with Gasteiger partial charge in [-0.05, 0) is 56.2 Å². The Labute approximate surface area is 182 Å². The van der Waals surface area contributed by atoms with Crippen LogP contribution in [0.5, 0.6) is 5.75 Å². The number of nitrogens with two attached hydrogens (primary N) is 1. The summed E-state index contributed by atoms with van der Waals surface area (Å²) in [4.78, 5) is 6.49. The Morgan fingerprint density at radius 3 is 2.80 bits per heavy atom. The van der Waals surface area contributed by atoms with Gasteiger partial charge in [0.1, 0.15) is 4.99 Å². The van der Waals surface area contributed by atoms with Gasteiger partial charge in [-0.15, -0.1) is 0 Å². The lowest BCUT2D eigenvalue weighted by molar-refractivity contribution is 0.285. The van der Waals surface area contributed by atoms with Crippen molar-refractivity contribution in [3.63, 3.8) is 0 Å². The van der Waals surface area contributed by atoms with E-state index in [1.807, 2.05) is 4.90 Å². The SMILES string of the molecule is C[C@@H](NS(=O)(=O)CCCCCN1CC(=S)N=C1N)c1ccc(F)c(OCC2CC2)c1. The number of ether oxygens (including phenoxy) is 1. The lowest BCUT2D eigenvalue weighted by Crippen LogP contribution is -2.34. The predicted octanol–water partition coefficient (Wildman–Crippen LogP) is 2.72. The van der Waals surface area contributed by atoms with Crippen LogP contribution < -0.4 is 15.2 Å². The first-order valence-electron chi connectivity index (χ1n) is 10.3. The second-order valence-corrected chi connectivity index (χ2v) is 10.3. The highest BCUT2D eigenvalue weighted by atomic mass is 32.2. The zero-order chi connectivity index (χ0) is 21.7. The van der Waals surface area contributed by atoms with Crippen molar-refractivity contribution >= 4 is 33.2 Å². The minimum absolute atomic E-state index is 0.0333. The third-order valence-corrected chi connectivity index (χ3v) is 6.97. The zero-order valence-electron chi connectivity index (χ0n) is 17.1. The summed E-state index contributed by atoms with van der Waals surface area (Å²) in [5.41, 5.74) is 6.44. The number of sulfonamides is 1. The number of rotatable bonds is 12. The van der Waals surface area contributed by atoms with Gasteiger partial charge in [0, 0.05) is 12.6 Å². The molecule has 3 N–H and O–H groups in total. The van der Waals surface area contributed by atoms with Crippen LogP contribution >= 0.6 is 12.2 Å². The first kappa shape index (κ1) is 22.9. The van der Waals surface area contributed by atoms with Crippen molar-refractivity contribution in [1.82, 2.24) is 9.62 Å². The van der Waals surface area contributed by atoms with Crippen molar-refractivity contribution in [3.8, 4) is 5.75 Å². The van der Waals surface area contributed by atoms with Crippen LogP contribution in [0.1, 0.15) is 50.6 Å². The van der Waals surface area contributed by atoms with Crippen molar-refractivity contribution in [2.75, 3.05) is 25.4 Å². The number of unbranched alkanes of at least 4 members (excludes halogenated alkanes) is 2. The van der Waals surface area contributed by atoms with Gasteiger partial charge in [-0.1, -0.05) is 24.7 Å². The van der Waals surface area contributed by atoms with Crippen LogP contribution in [0.15, 0.2) is 23.2 Å². The van der Waals surface area contributed by atoms with Crippen molar-refractivity contribution in [2.24, 2.45) is 16.6 Å². The van der Waals surface area contributed by atoms with E-state index in [2.05, 4.69) is 9.71 Å². The minimum Gasteiger partial charge on any atom is -0.490 e. The van der Waals surface area contributed by atoms with Gasteiger partial charge >= 0.3 is 0 Å². The van der Waals surface area contributed by atoms with Gasteiger partial charge in [-0.25, -0.2) is 22.5 Å². The molecule has 0 unspecified atom stereocenters. The normalized spacial score (nSPS) is 17.9. The van der Waals surface area contributed by atoms with E-state index in [-0.39, 0.29) is 11.5 Å². The number of guanidine groups is 1. The molecular weight excluding hydrogens is 427 g/mol. The Morgan fingerprint density at radius 1 is 1.37 bits per heavy atom. The Hall–Kier alpha value is -1.78. The fraction of sp³-hybridized carbons (Fsp3) is 0.600. The molecule has 1 saturated carbocycles. The van der Waals surface area contributed by atoms with Crippen molar-refractivity contribution in [3.05, 3.63) is 29.6 Å². The maximum Gasteiger partial charge on any atom is 0.212 e. The maximum absolute atomic E-state index is 13.9. The smallest absolute Gasteiger partial charge is 0.212 e. The molecule has 166 valence electrons. The first-order chi connectivity index (χ1) is 14.2. The lowest BCUT2D eigenvalue weighted by Gasteiger charge is -2.17. The molecule has 0 radical (unpaired) electrons. The molecule has 1 fully saturated rings. The fourth-order valence-electron chi connectivity index (χ4n) is 3.23. The summed E-state index contributed by atoms with van der Waals surface area (Å²) < 4.78 is 47.0. The van der Waals surface area contributed by atoms with E-state index >= 15 is 0 Å². The quantitative estimate of drug-likeness (QED) is 0.371. The van der Waals surface area contributed by atoms with Gasteiger partial charge in [0.25, 0.3) is 0 Å². The highest BCUT2D eigenvalue weighted by Crippen LogP contribution is 2.31. The van der Waals surface area contributed by atoms with E-state index < -0.39 is 21.9 Å². The van der Waals surface area contributed by atoms with Crippen molar-refractivity contribution in [1.29, 1.82) is 0 Å². The standard InChI is InChI=1S/C20H29FN4O3S2/c1-14(16-7-8-17(21)18(11-16)28-13-15-5-6-15)24-30(26,27)10-4-2-3-9-25-12-19(29)23-20(25)22/h7-8,11,14-15,24H,2-6,9-10,12-13H2,1H3,(H2,22,23,29)/t14-/m1/s1. The van der Waals surface area contributed by atoms with Gasteiger partial charge in [-0.3, -0.25) is 0 Å². The number of hydrogen-bond donors (Lipinski definition) is 2. The number of halogens is 1. The molecule has 0 aromatic heterocycles. The average Bonchev–Trinajstić information content (AvgIpc) is 3.44. The molecule has 30 heavy (non-hydrogen) atoms. The summed E-state index contributed by atoms with van der Waals surface area (Å²) in [6, 6.07) is 4.01. The molecule has 0 bridgehead atoms. The third-order valence-electron chi connectivity index (χ3n) is 5.21. The van der Waals surface area contributed by atoms with Crippen LogP contribution in [0.4, 0.5) is 4.39 Å². The van der Waals surface area contributed by atoms with E-state index in [0.717, 1.165) is 25.7 Å². The van der Waals surface area contributed by atoms with E-state index in [0.29, 0.717) is 48.5 Å². The van der Waals surface area contributed by atoms with Crippen LogP contribution in [-0.2, 0) is 10.0 Å². The Bertz CT molecular complexity index is 903. The van der Waals surface area contributed by atoms with Gasteiger partial charge in [0.2, 0.25) is 10.0 Å². The molecule has 7 nitrogen and oxygen atoms in total. The highest BCUT2D eigenvalue weighted by molar-refractivity contribution is 7.89. The van der Waals surface area contributed by atoms with Crippen molar-refractivity contribution < 1.29 is 17.5 Å². The molecule has 0 saturated heterocycles. The predicted molar refractivity (Wildman–Crippen MR) is 120 cm³/mol. The number of benzene rings is 1. The number of hydrogen-bond acceptors (Lipinski definition) is 6. The van der Waals surface area contributed by atoms with E-state index in [1.54, 1.807) is 19.1 Å². The Kier molecular flexibility index (Phi) is 7.65. The minimum atomic E-state index is -3.45. The molecule has 2 aliphatic rings. The lowest BCUT2D eigenvalue weighted by atomic mass is 10.1. The summed E-state index contributed by atoms with van der Waals surface area (Å²) in [6.45, 7) is 3.51. The molecule has 1 aliphatic carbocycles. The van der Waals surface area contributed by atoms with Crippen LogP contribution in [0.3, 0.4) is 0 Å². The number of nitrogens with zero attached hydrogens (tertiary/aromatic N) is 2. The molecule has 3 rings (SSSR count). The summed E-state index contributed by atoms with van der Waals surface area (Å²) in [5.74, 6) is 0.720. The highest BCUT2D eigenvalue weighted by Gasteiger charge is 2.23. The van der Waals surface area contributed by atoms with Gasteiger partial charge in [0.05, 0.1) is 18.9 Å². The Morgan fingerprint density at radius 2 is 2.13 bits per heavy atom. The first-order valence-corrected chi connectivity index (χ1v) is 12.3. The van der Waals surface area contributed by atoms with E-state index in [1.165, 1.54) is 6.07 Å². The second kappa shape index (κ2) is 10.0. The Balaban J connectivity index is 1.42. The molecule has 1 aromatic rings. The molecule has 0 spiro atoms. The average molecular weight is 457 g/mol. The number of aliphatic imine (C=N–C) groups is 1. The molecule has 1 heterocycles. The summed E-state index contributed by atoms with van der Waals surface area (Å²) in [7, 11) is -3.45. The van der Waals surface area contributed by atoms with Crippen LogP contribution in [-0.4, -0.2) is 49.7 Å². The fourth-order valence-corrected chi connectivity index (χ4v) is 4.86.